The number of rotatable bonds is 5. The van der Waals surface area contributed by atoms with Gasteiger partial charge in [-0.05, 0) is 18.6 Å². The third-order valence-electron chi connectivity index (χ3n) is 4.32. The lowest BCUT2D eigenvalue weighted by Gasteiger charge is -2.22. The number of aromatic nitrogens is 2. The number of methoxy groups -OCH3 is 1. The fourth-order valence-corrected chi connectivity index (χ4v) is 4.59. The van der Waals surface area contributed by atoms with E-state index >= 15 is 0 Å². The van der Waals surface area contributed by atoms with Gasteiger partial charge in [-0.2, -0.15) is 0 Å². The van der Waals surface area contributed by atoms with Crippen molar-refractivity contribution < 1.29 is 17.9 Å². The third-order valence-corrected chi connectivity index (χ3v) is 6.07. The zero-order chi connectivity index (χ0) is 18.7. The van der Waals surface area contributed by atoms with Crippen LogP contribution in [0.5, 0.6) is 5.75 Å². The molecule has 0 spiro atoms. The fraction of sp³-hybridized carbons (Fsp3) is 0.353. The van der Waals surface area contributed by atoms with Crippen molar-refractivity contribution in [2.45, 2.75) is 12.5 Å². The van der Waals surface area contributed by atoms with Crippen LogP contribution in [0, 0.1) is 0 Å². The predicted octanol–water partition coefficient (Wildman–Crippen LogP) is 1.49. The Bertz CT molecular complexity index is 899. The van der Waals surface area contributed by atoms with Crippen LogP contribution in [0.3, 0.4) is 0 Å². The quantitative estimate of drug-likeness (QED) is 0.843. The van der Waals surface area contributed by atoms with Crippen LogP contribution in [-0.2, 0) is 9.84 Å². The molecule has 9 heteroatoms. The first-order valence-corrected chi connectivity index (χ1v) is 9.91. The van der Waals surface area contributed by atoms with Gasteiger partial charge in [0.25, 0.3) is 5.91 Å². The van der Waals surface area contributed by atoms with E-state index in [2.05, 4.69) is 15.3 Å². The molecular formula is C17H20N4O4S. The lowest BCUT2D eigenvalue weighted by atomic mass is 10.2. The van der Waals surface area contributed by atoms with Crippen molar-refractivity contribution in [1.29, 1.82) is 0 Å². The molecule has 8 nitrogen and oxygen atoms in total. The van der Waals surface area contributed by atoms with E-state index in [1.54, 1.807) is 14.2 Å². The van der Waals surface area contributed by atoms with Crippen LogP contribution in [0.4, 0.5) is 11.5 Å². The zero-order valence-electron chi connectivity index (χ0n) is 14.5. The Morgan fingerprint density at radius 1 is 1.27 bits per heavy atom. The van der Waals surface area contributed by atoms with Gasteiger partial charge < -0.3 is 15.0 Å². The highest BCUT2D eigenvalue weighted by atomic mass is 32.2. The number of anilines is 2. The Kier molecular flexibility index (Phi) is 5.08. The van der Waals surface area contributed by atoms with Gasteiger partial charge in [0.15, 0.2) is 9.84 Å². The topological polar surface area (TPSA) is 101 Å². The third kappa shape index (κ3) is 3.93. The van der Waals surface area contributed by atoms with Crippen molar-refractivity contribution >= 4 is 27.2 Å². The van der Waals surface area contributed by atoms with Gasteiger partial charge in [0.05, 0.1) is 36.7 Å². The molecule has 1 fully saturated rings. The molecule has 1 amide bonds. The van der Waals surface area contributed by atoms with Gasteiger partial charge >= 0.3 is 0 Å². The molecule has 1 atom stereocenters. The van der Waals surface area contributed by atoms with Gasteiger partial charge in [0.2, 0.25) is 0 Å². The summed E-state index contributed by atoms with van der Waals surface area (Å²) in [6, 6.07) is 7.06. The van der Waals surface area contributed by atoms with E-state index in [0.717, 1.165) is 5.69 Å². The molecule has 2 heterocycles. The van der Waals surface area contributed by atoms with E-state index in [9.17, 15) is 13.2 Å². The largest absolute Gasteiger partial charge is 0.495 e. The van der Waals surface area contributed by atoms with Crippen molar-refractivity contribution in [2.24, 2.45) is 0 Å². The fourth-order valence-electron chi connectivity index (χ4n) is 2.82. The molecular weight excluding hydrogens is 356 g/mol. The molecule has 0 radical (unpaired) electrons. The summed E-state index contributed by atoms with van der Waals surface area (Å²) in [5.41, 5.74) is 0.902. The number of ether oxygens (including phenoxy) is 1. The summed E-state index contributed by atoms with van der Waals surface area (Å²) in [7, 11) is 0.114. The van der Waals surface area contributed by atoms with Crippen molar-refractivity contribution in [2.75, 3.05) is 31.0 Å². The number of hydrogen-bond acceptors (Lipinski definition) is 7. The van der Waals surface area contributed by atoms with Gasteiger partial charge in [-0.15, -0.1) is 0 Å². The van der Waals surface area contributed by atoms with Crippen LogP contribution in [0.15, 0.2) is 36.7 Å². The summed E-state index contributed by atoms with van der Waals surface area (Å²) in [6.45, 7) is 0. The van der Waals surface area contributed by atoms with E-state index in [4.69, 9.17) is 4.74 Å². The molecule has 1 N–H and O–H groups in total. The molecule has 138 valence electrons. The summed E-state index contributed by atoms with van der Waals surface area (Å²) >= 11 is 0. The molecule has 1 aromatic heterocycles. The lowest BCUT2D eigenvalue weighted by Crippen LogP contribution is -2.38. The average Bonchev–Trinajstić information content (AvgIpc) is 3.01. The Balaban J connectivity index is 1.70. The van der Waals surface area contributed by atoms with Crippen molar-refractivity contribution in [3.63, 3.8) is 0 Å². The average molecular weight is 376 g/mol. The minimum Gasteiger partial charge on any atom is -0.495 e. The highest BCUT2D eigenvalue weighted by molar-refractivity contribution is 7.91. The Hall–Kier alpha value is -2.68. The molecule has 3 rings (SSSR count). The molecule has 1 unspecified atom stereocenters. The maximum absolute atomic E-state index is 12.5. The summed E-state index contributed by atoms with van der Waals surface area (Å²) in [6.07, 6.45) is 3.28. The standard InChI is InChI=1S/C17H20N4O4S/c1-21(12-7-8-26(23,24)11-12)17(22)14-9-19-16(10-18-14)20-13-5-3-4-6-15(13)25-2/h3-6,9-10,12H,7-8,11H2,1-2H3,(H,19,20). The first kappa shape index (κ1) is 18.1. The molecule has 2 aromatic rings. The molecule has 1 saturated heterocycles. The molecule has 1 aliphatic heterocycles. The lowest BCUT2D eigenvalue weighted by molar-refractivity contribution is 0.0741. The predicted molar refractivity (Wildman–Crippen MR) is 97.5 cm³/mol. The first-order chi connectivity index (χ1) is 12.4. The minimum atomic E-state index is -3.06. The smallest absolute Gasteiger partial charge is 0.274 e. The molecule has 0 saturated carbocycles. The molecule has 1 aromatic carbocycles. The Morgan fingerprint density at radius 2 is 2.04 bits per heavy atom. The minimum absolute atomic E-state index is 0.00386. The maximum atomic E-state index is 12.5. The van der Waals surface area contributed by atoms with Gasteiger partial charge in [-0.1, -0.05) is 12.1 Å². The highest BCUT2D eigenvalue weighted by Crippen LogP contribution is 2.26. The number of carbonyl (C=O) groups excluding carboxylic acids is 1. The Morgan fingerprint density at radius 3 is 2.65 bits per heavy atom. The SMILES string of the molecule is COc1ccccc1Nc1cnc(C(=O)N(C)C2CCS(=O)(=O)C2)cn1. The number of para-hydroxylation sites is 2. The summed E-state index contributed by atoms with van der Waals surface area (Å²) in [4.78, 5) is 22.3. The summed E-state index contributed by atoms with van der Waals surface area (Å²) in [5.74, 6) is 0.899. The van der Waals surface area contributed by atoms with Crippen LogP contribution >= 0.6 is 0 Å². The van der Waals surface area contributed by atoms with E-state index in [0.29, 0.717) is 18.0 Å². The van der Waals surface area contributed by atoms with Crippen LogP contribution in [0.1, 0.15) is 16.9 Å². The van der Waals surface area contributed by atoms with Gasteiger partial charge in [-0.3, -0.25) is 4.79 Å². The molecule has 26 heavy (non-hydrogen) atoms. The number of benzene rings is 1. The number of amides is 1. The number of carbonyl (C=O) groups is 1. The van der Waals surface area contributed by atoms with Gasteiger partial charge in [0.1, 0.15) is 17.3 Å². The second-order valence-electron chi connectivity index (χ2n) is 6.09. The number of sulfone groups is 1. The number of nitrogens with one attached hydrogen (secondary N) is 1. The van der Waals surface area contributed by atoms with Crippen molar-refractivity contribution in [1.82, 2.24) is 14.9 Å². The molecule has 1 aliphatic rings. The monoisotopic (exact) mass is 376 g/mol. The van der Waals surface area contributed by atoms with Gasteiger partial charge in [0, 0.05) is 13.1 Å². The molecule has 0 bridgehead atoms. The van der Waals surface area contributed by atoms with Crippen LogP contribution in [-0.4, -0.2) is 60.9 Å². The number of hydrogen-bond donors (Lipinski definition) is 1. The highest BCUT2D eigenvalue weighted by Gasteiger charge is 2.33. The van der Waals surface area contributed by atoms with E-state index < -0.39 is 9.84 Å². The summed E-state index contributed by atoms with van der Waals surface area (Å²) < 4.78 is 28.4. The zero-order valence-corrected chi connectivity index (χ0v) is 15.4. The van der Waals surface area contributed by atoms with Crippen LogP contribution < -0.4 is 10.1 Å². The van der Waals surface area contributed by atoms with Crippen molar-refractivity contribution in [3.05, 3.63) is 42.4 Å². The van der Waals surface area contributed by atoms with E-state index in [1.165, 1.54) is 17.3 Å². The van der Waals surface area contributed by atoms with E-state index in [1.807, 2.05) is 24.3 Å². The van der Waals surface area contributed by atoms with Crippen molar-refractivity contribution in [3.8, 4) is 5.75 Å². The summed E-state index contributed by atoms with van der Waals surface area (Å²) in [5, 5.41) is 3.08. The van der Waals surface area contributed by atoms with E-state index in [-0.39, 0.29) is 29.1 Å². The van der Waals surface area contributed by atoms with Crippen LogP contribution in [0.2, 0.25) is 0 Å². The maximum Gasteiger partial charge on any atom is 0.274 e. The van der Waals surface area contributed by atoms with Gasteiger partial charge in [-0.25, -0.2) is 18.4 Å². The number of nitrogens with zero attached hydrogens (tertiary/aromatic N) is 3. The Labute approximate surface area is 152 Å². The second-order valence-corrected chi connectivity index (χ2v) is 8.31. The van der Waals surface area contributed by atoms with Crippen LogP contribution in [0.25, 0.3) is 0 Å². The molecule has 0 aliphatic carbocycles. The first-order valence-electron chi connectivity index (χ1n) is 8.09. The second kappa shape index (κ2) is 7.28. The normalized spacial score (nSPS) is 18.3.